The lowest BCUT2D eigenvalue weighted by atomic mass is 9.88. The van der Waals surface area contributed by atoms with Crippen LogP contribution in [-0.4, -0.2) is 30.4 Å². The maximum absolute atomic E-state index is 12.9. The van der Waals surface area contributed by atoms with E-state index in [0.29, 0.717) is 6.54 Å². The molecule has 1 atom stereocenters. The Labute approximate surface area is 147 Å². The normalized spacial score (nSPS) is 20.2. The highest BCUT2D eigenvalue weighted by atomic mass is 35.5. The molecule has 0 saturated carbocycles. The molecular formula is C20H21ClN2O. The highest BCUT2D eigenvalue weighted by Crippen LogP contribution is 2.42. The van der Waals surface area contributed by atoms with Crippen molar-refractivity contribution in [3.05, 3.63) is 64.2 Å². The van der Waals surface area contributed by atoms with Gasteiger partial charge in [0.05, 0.1) is 12.6 Å². The van der Waals surface area contributed by atoms with Crippen molar-refractivity contribution in [3.8, 4) is 0 Å². The van der Waals surface area contributed by atoms with Crippen molar-refractivity contribution in [2.24, 2.45) is 0 Å². The molecule has 1 unspecified atom stereocenters. The summed E-state index contributed by atoms with van der Waals surface area (Å²) in [5.74, 6) is 0.183. The molecule has 1 amide bonds. The van der Waals surface area contributed by atoms with Crippen LogP contribution in [0.2, 0.25) is 5.02 Å². The van der Waals surface area contributed by atoms with Crippen molar-refractivity contribution in [3.63, 3.8) is 0 Å². The number of benzene rings is 2. The topological polar surface area (TPSA) is 23.6 Å². The lowest BCUT2D eigenvalue weighted by Crippen LogP contribution is -2.41. The molecule has 4 heteroatoms. The van der Waals surface area contributed by atoms with E-state index in [1.54, 1.807) is 0 Å². The van der Waals surface area contributed by atoms with Gasteiger partial charge >= 0.3 is 0 Å². The zero-order chi connectivity index (χ0) is 16.7. The predicted octanol–water partition coefficient (Wildman–Crippen LogP) is 4.04. The SMILES string of the molecule is CCCN1C(=O)CN2CCc3ccccc3C2c2cc(Cl)ccc21. The lowest BCUT2D eigenvalue weighted by molar-refractivity contribution is -0.119. The van der Waals surface area contributed by atoms with Crippen LogP contribution >= 0.6 is 11.6 Å². The number of carbonyl (C=O) groups is 1. The first kappa shape index (κ1) is 15.7. The van der Waals surface area contributed by atoms with Crippen molar-refractivity contribution in [2.75, 3.05) is 24.5 Å². The minimum atomic E-state index is 0.106. The second-order valence-corrected chi connectivity index (χ2v) is 7.01. The van der Waals surface area contributed by atoms with Crippen LogP contribution in [-0.2, 0) is 11.2 Å². The van der Waals surface area contributed by atoms with E-state index in [1.165, 1.54) is 11.1 Å². The Hall–Kier alpha value is -1.84. The molecule has 0 spiro atoms. The Morgan fingerprint density at radius 3 is 2.83 bits per heavy atom. The van der Waals surface area contributed by atoms with Crippen LogP contribution < -0.4 is 4.90 Å². The van der Waals surface area contributed by atoms with Gasteiger partial charge in [-0.2, -0.15) is 0 Å². The Morgan fingerprint density at radius 1 is 1.17 bits per heavy atom. The van der Waals surface area contributed by atoms with Gasteiger partial charge in [0.1, 0.15) is 0 Å². The fraction of sp³-hybridized carbons (Fsp3) is 0.350. The Kier molecular flexibility index (Phi) is 4.07. The maximum Gasteiger partial charge on any atom is 0.241 e. The molecule has 3 nitrogen and oxygen atoms in total. The first-order chi connectivity index (χ1) is 11.7. The molecule has 2 heterocycles. The van der Waals surface area contributed by atoms with Crippen LogP contribution in [0.5, 0.6) is 0 Å². The second kappa shape index (κ2) is 6.23. The third kappa shape index (κ3) is 2.52. The average Bonchev–Trinajstić information content (AvgIpc) is 2.70. The van der Waals surface area contributed by atoms with E-state index >= 15 is 0 Å². The number of hydrogen-bond acceptors (Lipinski definition) is 2. The third-order valence-corrected chi connectivity index (χ3v) is 5.28. The summed E-state index contributed by atoms with van der Waals surface area (Å²) in [4.78, 5) is 17.1. The van der Waals surface area contributed by atoms with E-state index in [1.807, 2.05) is 23.1 Å². The predicted molar refractivity (Wildman–Crippen MR) is 97.7 cm³/mol. The van der Waals surface area contributed by atoms with Crippen LogP contribution in [0.25, 0.3) is 0 Å². The quantitative estimate of drug-likeness (QED) is 0.823. The second-order valence-electron chi connectivity index (χ2n) is 6.57. The van der Waals surface area contributed by atoms with Crippen LogP contribution in [0, 0.1) is 0 Å². The number of halogens is 1. The minimum Gasteiger partial charge on any atom is -0.311 e. The average molecular weight is 341 g/mol. The molecule has 2 aromatic rings. The van der Waals surface area contributed by atoms with Crippen molar-refractivity contribution < 1.29 is 4.79 Å². The molecule has 0 N–H and O–H groups in total. The summed E-state index contributed by atoms with van der Waals surface area (Å²) in [6.45, 7) is 4.22. The largest absolute Gasteiger partial charge is 0.311 e. The van der Waals surface area contributed by atoms with E-state index in [-0.39, 0.29) is 11.9 Å². The molecule has 4 rings (SSSR count). The molecule has 2 aromatic carbocycles. The number of fused-ring (bicyclic) bond motifs is 5. The molecule has 2 aliphatic rings. The van der Waals surface area contributed by atoms with Crippen molar-refractivity contribution in [1.82, 2.24) is 4.90 Å². The first-order valence-electron chi connectivity index (χ1n) is 8.60. The number of hydrogen-bond donors (Lipinski definition) is 0. The molecule has 0 aliphatic carbocycles. The minimum absolute atomic E-state index is 0.106. The number of nitrogens with zero attached hydrogens (tertiary/aromatic N) is 2. The zero-order valence-electron chi connectivity index (χ0n) is 13.8. The Morgan fingerprint density at radius 2 is 2.00 bits per heavy atom. The van der Waals surface area contributed by atoms with Crippen LogP contribution in [0.3, 0.4) is 0 Å². The van der Waals surface area contributed by atoms with Crippen molar-refractivity contribution in [2.45, 2.75) is 25.8 Å². The molecular weight excluding hydrogens is 320 g/mol. The number of carbonyl (C=O) groups excluding carboxylic acids is 1. The van der Waals surface area contributed by atoms with Crippen molar-refractivity contribution in [1.29, 1.82) is 0 Å². The summed E-state index contributed by atoms with van der Waals surface area (Å²) >= 11 is 6.33. The van der Waals surface area contributed by atoms with Crippen LogP contribution in [0.15, 0.2) is 42.5 Å². The van der Waals surface area contributed by atoms with E-state index in [4.69, 9.17) is 11.6 Å². The van der Waals surface area contributed by atoms with Gasteiger partial charge < -0.3 is 4.90 Å². The number of anilines is 1. The van der Waals surface area contributed by atoms with Gasteiger partial charge in [0.25, 0.3) is 0 Å². The molecule has 124 valence electrons. The van der Waals surface area contributed by atoms with Crippen LogP contribution in [0.1, 0.15) is 36.1 Å². The van der Waals surface area contributed by atoms with Crippen molar-refractivity contribution >= 4 is 23.2 Å². The van der Waals surface area contributed by atoms with Crippen LogP contribution in [0.4, 0.5) is 5.69 Å². The fourth-order valence-electron chi connectivity index (χ4n) is 4.01. The van der Waals surface area contributed by atoms with Gasteiger partial charge in [-0.1, -0.05) is 42.8 Å². The summed E-state index contributed by atoms with van der Waals surface area (Å²) in [5.41, 5.74) is 4.84. The Bertz CT molecular complexity index is 789. The van der Waals surface area contributed by atoms with Gasteiger partial charge in [-0.25, -0.2) is 0 Å². The smallest absolute Gasteiger partial charge is 0.241 e. The van der Waals surface area contributed by atoms with E-state index in [2.05, 4.69) is 36.1 Å². The van der Waals surface area contributed by atoms with Gasteiger partial charge in [-0.05, 0) is 47.7 Å². The summed E-state index contributed by atoms with van der Waals surface area (Å²) in [6.07, 6.45) is 1.93. The fourth-order valence-corrected chi connectivity index (χ4v) is 4.19. The summed E-state index contributed by atoms with van der Waals surface area (Å²) in [5, 5.41) is 0.725. The lowest BCUT2D eigenvalue weighted by Gasteiger charge is -2.36. The van der Waals surface area contributed by atoms with Gasteiger partial charge in [-0.3, -0.25) is 9.69 Å². The molecule has 2 aliphatic heterocycles. The summed E-state index contributed by atoms with van der Waals surface area (Å²) in [6, 6.07) is 14.6. The van der Waals surface area contributed by atoms with E-state index in [0.717, 1.165) is 42.2 Å². The van der Waals surface area contributed by atoms with Gasteiger partial charge in [0.2, 0.25) is 5.91 Å². The maximum atomic E-state index is 12.9. The van der Waals surface area contributed by atoms with Gasteiger partial charge in [0.15, 0.2) is 0 Å². The van der Waals surface area contributed by atoms with Gasteiger partial charge in [0, 0.05) is 23.8 Å². The molecule has 0 saturated heterocycles. The summed E-state index contributed by atoms with van der Waals surface area (Å²) in [7, 11) is 0. The number of rotatable bonds is 2. The molecule has 0 aromatic heterocycles. The highest BCUT2D eigenvalue weighted by Gasteiger charge is 2.36. The standard InChI is InChI=1S/C20H21ClN2O/c1-2-10-23-18-8-7-15(21)12-17(18)20-16-6-4-3-5-14(16)9-11-22(20)13-19(23)24/h3-8,12,20H,2,9-11,13H2,1H3. The monoisotopic (exact) mass is 340 g/mol. The zero-order valence-corrected chi connectivity index (χ0v) is 14.6. The molecule has 0 radical (unpaired) electrons. The Balaban J connectivity index is 1.93. The molecule has 24 heavy (non-hydrogen) atoms. The summed E-state index contributed by atoms with van der Waals surface area (Å²) < 4.78 is 0. The number of amides is 1. The highest BCUT2D eigenvalue weighted by molar-refractivity contribution is 6.30. The first-order valence-corrected chi connectivity index (χ1v) is 8.98. The van der Waals surface area contributed by atoms with E-state index < -0.39 is 0 Å². The van der Waals surface area contributed by atoms with E-state index in [9.17, 15) is 4.79 Å². The van der Waals surface area contributed by atoms with Gasteiger partial charge in [-0.15, -0.1) is 0 Å². The molecule has 0 bridgehead atoms. The molecule has 0 fully saturated rings. The third-order valence-electron chi connectivity index (χ3n) is 5.04.